The molecule has 6 atom stereocenters. The second-order valence-electron chi connectivity index (χ2n) is 8.85. The molecule has 0 spiro atoms. The highest BCUT2D eigenvalue weighted by molar-refractivity contribution is 6.07. The number of benzene rings is 1. The molecule has 2 bridgehead atoms. The molecule has 1 aromatic rings. The predicted molar refractivity (Wildman–Crippen MR) is 101 cm³/mol. The van der Waals surface area contributed by atoms with E-state index in [1.54, 1.807) is 26.0 Å². The minimum absolute atomic E-state index is 0.0288. The van der Waals surface area contributed by atoms with Crippen LogP contribution in [0.4, 0.5) is 18.9 Å². The number of halogens is 3. The van der Waals surface area contributed by atoms with Crippen molar-refractivity contribution in [2.75, 3.05) is 11.6 Å². The van der Waals surface area contributed by atoms with E-state index in [1.807, 2.05) is 12.2 Å². The standard InChI is InChI=1S/C22H21F3N2O3/c1-10-4-3-5-16(11(10)2)26(21(30)22(23,24)25)9-27-19(28)17-12-6-7-13(15-8-14(12)15)18(17)20(27)29/h3-7,12-15,17-18H,8-9H2,1-2H3/t12-,13-,14-,15+,17-,18+/m0/s1. The fraction of sp³-hybridized carbons (Fsp3) is 0.500. The van der Waals surface area contributed by atoms with E-state index in [-0.39, 0.29) is 17.5 Å². The molecule has 0 radical (unpaired) electrons. The van der Waals surface area contributed by atoms with Gasteiger partial charge in [0.15, 0.2) is 0 Å². The number of hydrogen-bond donors (Lipinski definition) is 0. The molecule has 6 rings (SSSR count). The Kier molecular flexibility index (Phi) is 3.98. The molecule has 8 heteroatoms. The molecule has 0 unspecified atom stereocenters. The summed E-state index contributed by atoms with van der Waals surface area (Å²) in [6, 6.07) is 4.69. The molecular formula is C22H21F3N2O3. The number of alkyl halides is 3. The first-order chi connectivity index (χ1) is 14.1. The lowest BCUT2D eigenvalue weighted by Gasteiger charge is -2.37. The van der Waals surface area contributed by atoms with Gasteiger partial charge in [0.1, 0.15) is 6.67 Å². The number of carbonyl (C=O) groups excluding carboxylic acids is 3. The maximum absolute atomic E-state index is 13.4. The van der Waals surface area contributed by atoms with Gasteiger partial charge >= 0.3 is 12.1 Å². The van der Waals surface area contributed by atoms with E-state index in [4.69, 9.17) is 0 Å². The van der Waals surface area contributed by atoms with Gasteiger partial charge in [-0.25, -0.2) is 0 Å². The van der Waals surface area contributed by atoms with Crippen molar-refractivity contribution >= 4 is 23.4 Å². The van der Waals surface area contributed by atoms with E-state index in [2.05, 4.69) is 0 Å². The number of likely N-dealkylation sites (tertiary alicyclic amines) is 1. The van der Waals surface area contributed by atoms with Crippen molar-refractivity contribution in [3.05, 3.63) is 41.5 Å². The van der Waals surface area contributed by atoms with Crippen LogP contribution in [0.2, 0.25) is 0 Å². The number of nitrogens with zero attached hydrogens (tertiary/aromatic N) is 2. The lowest BCUT2D eigenvalue weighted by Crippen LogP contribution is -2.49. The third-order valence-corrected chi connectivity index (χ3v) is 7.39. The maximum atomic E-state index is 13.4. The number of allylic oxidation sites excluding steroid dienone is 2. The first-order valence-electron chi connectivity index (χ1n) is 10.1. The van der Waals surface area contributed by atoms with Crippen LogP contribution in [0.3, 0.4) is 0 Å². The van der Waals surface area contributed by atoms with Gasteiger partial charge in [0.25, 0.3) is 0 Å². The monoisotopic (exact) mass is 418 g/mol. The molecule has 30 heavy (non-hydrogen) atoms. The fourth-order valence-corrected chi connectivity index (χ4v) is 5.73. The molecule has 0 aromatic heterocycles. The van der Waals surface area contributed by atoms with Crippen molar-refractivity contribution in [1.82, 2.24) is 4.90 Å². The van der Waals surface area contributed by atoms with Crippen molar-refractivity contribution in [1.29, 1.82) is 0 Å². The largest absolute Gasteiger partial charge is 0.471 e. The van der Waals surface area contributed by atoms with Gasteiger partial charge < -0.3 is 0 Å². The second kappa shape index (κ2) is 6.18. The molecule has 1 saturated heterocycles. The van der Waals surface area contributed by atoms with Gasteiger partial charge in [-0.1, -0.05) is 24.3 Å². The smallest absolute Gasteiger partial charge is 0.286 e. The molecule has 158 valence electrons. The fourth-order valence-electron chi connectivity index (χ4n) is 5.73. The lowest BCUT2D eigenvalue weighted by molar-refractivity contribution is -0.171. The van der Waals surface area contributed by atoms with E-state index < -0.39 is 42.4 Å². The number of aryl methyl sites for hydroxylation is 1. The summed E-state index contributed by atoms with van der Waals surface area (Å²) in [5, 5.41) is 0. The topological polar surface area (TPSA) is 57.7 Å². The first-order valence-corrected chi connectivity index (χ1v) is 10.1. The normalized spacial score (nSPS) is 33.6. The SMILES string of the molecule is Cc1cccc(N(CN2C(=O)[C@@H]3[C@H]4C=C[C@@H]([C@@H]5C[C@H]45)[C@@H]3C2=O)C(=O)C(F)(F)F)c1C. The highest BCUT2D eigenvalue weighted by Crippen LogP contribution is 2.65. The van der Waals surface area contributed by atoms with Crippen molar-refractivity contribution < 1.29 is 27.6 Å². The highest BCUT2D eigenvalue weighted by Gasteiger charge is 2.67. The van der Waals surface area contributed by atoms with E-state index in [0.29, 0.717) is 27.9 Å². The number of anilines is 1. The summed E-state index contributed by atoms with van der Waals surface area (Å²) in [4.78, 5) is 40.0. The zero-order valence-electron chi connectivity index (χ0n) is 16.5. The molecule has 5 aliphatic rings. The van der Waals surface area contributed by atoms with Crippen LogP contribution in [-0.2, 0) is 14.4 Å². The van der Waals surface area contributed by atoms with Crippen LogP contribution in [0.1, 0.15) is 17.5 Å². The molecule has 3 amide bonds. The second-order valence-corrected chi connectivity index (χ2v) is 8.85. The molecule has 1 heterocycles. The van der Waals surface area contributed by atoms with Crippen molar-refractivity contribution in [3.8, 4) is 0 Å². The zero-order valence-corrected chi connectivity index (χ0v) is 16.5. The average Bonchev–Trinajstić information content (AvgIpc) is 3.47. The van der Waals surface area contributed by atoms with Crippen LogP contribution in [0, 0.1) is 49.4 Å². The van der Waals surface area contributed by atoms with E-state index in [9.17, 15) is 27.6 Å². The van der Waals surface area contributed by atoms with Gasteiger partial charge in [-0.3, -0.25) is 24.2 Å². The Balaban J connectivity index is 1.50. The summed E-state index contributed by atoms with van der Waals surface area (Å²) in [6.07, 6.45) is -0.135. The maximum Gasteiger partial charge on any atom is 0.471 e. The summed E-state index contributed by atoms with van der Waals surface area (Å²) in [7, 11) is 0. The Bertz CT molecular complexity index is 966. The quantitative estimate of drug-likeness (QED) is 0.560. The molecule has 2 saturated carbocycles. The Morgan fingerprint density at radius 2 is 1.63 bits per heavy atom. The zero-order chi connectivity index (χ0) is 21.5. The number of amides is 3. The third kappa shape index (κ3) is 2.58. The van der Waals surface area contributed by atoms with Gasteiger partial charge in [-0.2, -0.15) is 13.2 Å². The predicted octanol–water partition coefficient (Wildman–Crippen LogP) is 3.21. The Labute approximate surface area is 171 Å². The van der Waals surface area contributed by atoms with Gasteiger partial charge in [0.2, 0.25) is 11.8 Å². The molecule has 0 N–H and O–H groups in total. The van der Waals surface area contributed by atoms with Crippen LogP contribution in [0.25, 0.3) is 0 Å². The van der Waals surface area contributed by atoms with E-state index >= 15 is 0 Å². The summed E-state index contributed by atoms with van der Waals surface area (Å²) >= 11 is 0. The summed E-state index contributed by atoms with van der Waals surface area (Å²) < 4.78 is 40.1. The van der Waals surface area contributed by atoms with E-state index in [0.717, 1.165) is 11.3 Å². The van der Waals surface area contributed by atoms with Gasteiger partial charge in [0.05, 0.1) is 11.8 Å². The van der Waals surface area contributed by atoms with Crippen LogP contribution < -0.4 is 4.90 Å². The third-order valence-electron chi connectivity index (χ3n) is 7.39. The van der Waals surface area contributed by atoms with Crippen molar-refractivity contribution in [2.45, 2.75) is 26.4 Å². The minimum Gasteiger partial charge on any atom is -0.286 e. The summed E-state index contributed by atoms with van der Waals surface area (Å²) in [5.74, 6) is -3.31. The van der Waals surface area contributed by atoms with Crippen LogP contribution in [0.15, 0.2) is 30.4 Å². The van der Waals surface area contributed by atoms with Crippen LogP contribution in [-0.4, -0.2) is 35.5 Å². The van der Waals surface area contributed by atoms with Gasteiger partial charge in [0, 0.05) is 5.69 Å². The number of imide groups is 1. The van der Waals surface area contributed by atoms with Crippen molar-refractivity contribution in [3.63, 3.8) is 0 Å². The molecule has 1 aromatic carbocycles. The molecule has 3 fully saturated rings. The molecule has 4 aliphatic carbocycles. The molecule has 5 nitrogen and oxygen atoms in total. The van der Waals surface area contributed by atoms with Gasteiger partial charge in [-0.15, -0.1) is 0 Å². The highest BCUT2D eigenvalue weighted by atomic mass is 19.4. The number of rotatable bonds is 3. The molecular weight excluding hydrogens is 397 g/mol. The van der Waals surface area contributed by atoms with Crippen LogP contribution in [0.5, 0.6) is 0 Å². The number of carbonyl (C=O) groups is 3. The number of hydrogen-bond acceptors (Lipinski definition) is 3. The summed E-state index contributed by atoms with van der Waals surface area (Å²) in [5.41, 5.74) is 1.26. The Morgan fingerprint density at radius 1 is 1.07 bits per heavy atom. The van der Waals surface area contributed by atoms with E-state index in [1.165, 1.54) is 6.07 Å². The Morgan fingerprint density at radius 3 is 2.17 bits per heavy atom. The lowest BCUT2D eigenvalue weighted by atomic mass is 9.63. The summed E-state index contributed by atoms with van der Waals surface area (Å²) in [6.45, 7) is 2.62. The first kappa shape index (κ1) is 19.3. The van der Waals surface area contributed by atoms with Crippen molar-refractivity contribution in [2.24, 2.45) is 35.5 Å². The average molecular weight is 418 g/mol. The Hall–Kier alpha value is -2.64. The minimum atomic E-state index is -5.13. The van der Waals surface area contributed by atoms with Gasteiger partial charge in [-0.05, 0) is 61.1 Å². The van der Waals surface area contributed by atoms with Crippen LogP contribution >= 0.6 is 0 Å². The molecule has 1 aliphatic heterocycles.